The van der Waals surface area contributed by atoms with Crippen LogP contribution in [-0.2, 0) is 9.84 Å². The van der Waals surface area contributed by atoms with Gasteiger partial charge in [0.1, 0.15) is 0 Å². The third-order valence-corrected chi connectivity index (χ3v) is 5.70. The number of aromatic nitrogens is 3. The Morgan fingerprint density at radius 2 is 1.52 bits per heavy atom. The molecule has 0 fully saturated rings. The fourth-order valence-electron chi connectivity index (χ4n) is 3.05. The van der Waals surface area contributed by atoms with E-state index in [0.717, 1.165) is 11.1 Å². The molecule has 2 aromatic rings. The molecule has 0 aliphatic heterocycles. The van der Waals surface area contributed by atoms with Gasteiger partial charge in [-0.25, -0.2) is 8.42 Å². The van der Waals surface area contributed by atoms with E-state index in [1.807, 2.05) is 19.9 Å². The molecule has 5 nitrogen and oxygen atoms in total. The van der Waals surface area contributed by atoms with Gasteiger partial charge in [0.15, 0.2) is 0 Å². The van der Waals surface area contributed by atoms with Crippen molar-refractivity contribution in [3.63, 3.8) is 0 Å². The number of sulfone groups is 1. The molecule has 0 bridgehead atoms. The number of rotatable bonds is 5. The van der Waals surface area contributed by atoms with Crippen LogP contribution in [0.25, 0.3) is 0 Å². The van der Waals surface area contributed by atoms with Crippen LogP contribution >= 0.6 is 0 Å². The van der Waals surface area contributed by atoms with Crippen LogP contribution in [0.5, 0.6) is 0 Å². The topological polar surface area (TPSA) is 75.7 Å². The number of nitrogens with one attached hydrogen (secondary N) is 1. The van der Waals surface area contributed by atoms with Gasteiger partial charge in [0.2, 0.25) is 14.9 Å². The van der Waals surface area contributed by atoms with Crippen molar-refractivity contribution in [1.29, 1.82) is 0 Å². The van der Waals surface area contributed by atoms with E-state index in [-0.39, 0.29) is 16.9 Å². The second-order valence-corrected chi connectivity index (χ2v) is 8.62. The van der Waals surface area contributed by atoms with Crippen LogP contribution in [0.15, 0.2) is 28.3 Å². The van der Waals surface area contributed by atoms with E-state index in [4.69, 9.17) is 0 Å². The maximum Gasteiger partial charge on any atom is 0.227 e. The summed E-state index contributed by atoms with van der Waals surface area (Å²) in [5, 5.41) is 9.69. The van der Waals surface area contributed by atoms with Gasteiger partial charge in [-0.2, -0.15) is 0 Å². The Morgan fingerprint density at radius 1 is 0.913 bits per heavy atom. The number of hydrogen-bond donors (Lipinski definition) is 1. The molecule has 126 valence electrons. The molecule has 1 aromatic heterocycles. The standard InChI is InChI=1S/C17H25N3O2S/c1-10(2)13-7-8-14(17(12(5)6)16(13)11(3)4)23(21,22)15-9-18-20-19-15/h7-12H,1-6H3,(H,18,19,20). The van der Waals surface area contributed by atoms with Gasteiger partial charge in [-0.1, -0.05) is 52.8 Å². The Labute approximate surface area is 138 Å². The summed E-state index contributed by atoms with van der Waals surface area (Å²) in [6.07, 6.45) is 1.32. The predicted octanol–water partition coefficient (Wildman–Crippen LogP) is 4.01. The van der Waals surface area contributed by atoms with Crippen LogP contribution in [0.4, 0.5) is 0 Å². The quantitative estimate of drug-likeness (QED) is 0.896. The highest BCUT2D eigenvalue weighted by molar-refractivity contribution is 7.91. The molecule has 0 spiro atoms. The van der Waals surface area contributed by atoms with Crippen LogP contribution in [0.2, 0.25) is 0 Å². The molecule has 1 aromatic carbocycles. The van der Waals surface area contributed by atoms with Crippen molar-refractivity contribution in [1.82, 2.24) is 15.4 Å². The minimum Gasteiger partial charge on any atom is -0.264 e. The predicted molar refractivity (Wildman–Crippen MR) is 90.5 cm³/mol. The zero-order chi connectivity index (χ0) is 17.4. The summed E-state index contributed by atoms with van der Waals surface area (Å²) in [6, 6.07) is 3.67. The summed E-state index contributed by atoms with van der Waals surface area (Å²) in [7, 11) is -3.67. The van der Waals surface area contributed by atoms with Gasteiger partial charge >= 0.3 is 0 Å². The van der Waals surface area contributed by atoms with Gasteiger partial charge in [0.05, 0.1) is 11.1 Å². The maximum absolute atomic E-state index is 13.0. The first-order valence-electron chi connectivity index (χ1n) is 7.96. The van der Waals surface area contributed by atoms with E-state index < -0.39 is 9.84 Å². The number of benzene rings is 1. The minimum atomic E-state index is -3.67. The molecular weight excluding hydrogens is 310 g/mol. The van der Waals surface area contributed by atoms with E-state index in [1.165, 1.54) is 11.8 Å². The van der Waals surface area contributed by atoms with Crippen molar-refractivity contribution in [2.75, 3.05) is 0 Å². The van der Waals surface area contributed by atoms with Gasteiger partial charge in [-0.3, -0.25) is 5.10 Å². The van der Waals surface area contributed by atoms with Crippen molar-refractivity contribution in [2.45, 2.75) is 69.2 Å². The van der Waals surface area contributed by atoms with Crippen LogP contribution in [0.3, 0.4) is 0 Å². The Bertz CT molecular complexity index is 776. The molecule has 2 rings (SSSR count). The van der Waals surface area contributed by atoms with E-state index >= 15 is 0 Å². The molecule has 0 aliphatic carbocycles. The summed E-state index contributed by atoms with van der Waals surface area (Å²) in [6.45, 7) is 12.6. The fourth-order valence-corrected chi connectivity index (χ4v) is 4.51. The highest BCUT2D eigenvalue weighted by Crippen LogP contribution is 2.38. The van der Waals surface area contributed by atoms with Gasteiger partial charge in [0, 0.05) is 0 Å². The fraction of sp³-hybridized carbons (Fsp3) is 0.529. The van der Waals surface area contributed by atoms with Crippen LogP contribution < -0.4 is 0 Å². The van der Waals surface area contributed by atoms with Crippen LogP contribution in [-0.4, -0.2) is 23.8 Å². The summed E-state index contributed by atoms with van der Waals surface area (Å²) in [5.74, 6) is 0.689. The lowest BCUT2D eigenvalue weighted by Gasteiger charge is -2.25. The minimum absolute atomic E-state index is 0.0357. The van der Waals surface area contributed by atoms with E-state index in [0.29, 0.717) is 10.8 Å². The summed E-state index contributed by atoms with van der Waals surface area (Å²) in [5.41, 5.74) is 3.25. The Balaban J connectivity index is 2.83. The number of H-pyrrole nitrogens is 1. The lowest BCUT2D eigenvalue weighted by Crippen LogP contribution is -2.13. The zero-order valence-electron chi connectivity index (χ0n) is 14.6. The molecule has 0 saturated heterocycles. The molecule has 0 amide bonds. The van der Waals surface area contributed by atoms with Crippen molar-refractivity contribution < 1.29 is 8.42 Å². The molecule has 23 heavy (non-hydrogen) atoms. The largest absolute Gasteiger partial charge is 0.264 e. The molecule has 0 saturated carbocycles. The number of aromatic amines is 1. The Morgan fingerprint density at radius 3 is 1.96 bits per heavy atom. The lowest BCUT2D eigenvalue weighted by molar-refractivity contribution is 0.588. The molecule has 6 heteroatoms. The molecule has 0 atom stereocenters. The molecule has 1 N–H and O–H groups in total. The average Bonchev–Trinajstić information content (AvgIpc) is 3.00. The zero-order valence-corrected chi connectivity index (χ0v) is 15.4. The third-order valence-electron chi connectivity index (χ3n) is 4.02. The first-order valence-corrected chi connectivity index (χ1v) is 9.44. The summed E-state index contributed by atoms with van der Waals surface area (Å²) >= 11 is 0. The molecule has 0 radical (unpaired) electrons. The average molecular weight is 335 g/mol. The smallest absolute Gasteiger partial charge is 0.227 e. The molecule has 0 aliphatic rings. The molecule has 1 heterocycles. The van der Waals surface area contributed by atoms with Crippen molar-refractivity contribution in [3.05, 3.63) is 35.0 Å². The highest BCUT2D eigenvalue weighted by Gasteiger charge is 2.29. The normalized spacial score (nSPS) is 12.6. The van der Waals surface area contributed by atoms with E-state index in [1.54, 1.807) is 6.07 Å². The Hall–Kier alpha value is -1.69. The van der Waals surface area contributed by atoms with Crippen molar-refractivity contribution in [2.24, 2.45) is 0 Å². The van der Waals surface area contributed by atoms with Gasteiger partial charge < -0.3 is 0 Å². The van der Waals surface area contributed by atoms with Gasteiger partial charge in [-0.05, 0) is 40.5 Å². The van der Waals surface area contributed by atoms with Crippen LogP contribution in [0.1, 0.15) is 76.0 Å². The van der Waals surface area contributed by atoms with Crippen LogP contribution in [0, 0.1) is 0 Å². The maximum atomic E-state index is 13.0. The monoisotopic (exact) mass is 335 g/mol. The first kappa shape index (κ1) is 17.7. The Kier molecular flexibility index (Phi) is 4.94. The van der Waals surface area contributed by atoms with E-state index in [9.17, 15) is 8.42 Å². The lowest BCUT2D eigenvalue weighted by atomic mass is 9.83. The van der Waals surface area contributed by atoms with Gasteiger partial charge in [-0.15, -0.1) is 5.10 Å². The first-order chi connectivity index (χ1) is 10.7. The second-order valence-electron chi connectivity index (χ2n) is 6.76. The second kappa shape index (κ2) is 6.43. The highest BCUT2D eigenvalue weighted by atomic mass is 32.2. The molecule has 0 unspecified atom stereocenters. The SMILES string of the molecule is CC(C)c1ccc(S(=O)(=O)c2c[nH]nn2)c(C(C)C)c1C(C)C. The number of hydrogen-bond acceptors (Lipinski definition) is 4. The van der Waals surface area contributed by atoms with E-state index in [2.05, 4.69) is 43.1 Å². The van der Waals surface area contributed by atoms with Crippen molar-refractivity contribution in [3.8, 4) is 0 Å². The summed E-state index contributed by atoms with van der Waals surface area (Å²) < 4.78 is 25.9. The van der Waals surface area contributed by atoms with Gasteiger partial charge in [0.25, 0.3) is 0 Å². The summed E-state index contributed by atoms with van der Waals surface area (Å²) in [4.78, 5) is 0.342. The van der Waals surface area contributed by atoms with Crippen molar-refractivity contribution >= 4 is 9.84 Å². The molecular formula is C17H25N3O2S. The number of nitrogens with zero attached hydrogens (tertiary/aromatic N) is 2. The third kappa shape index (κ3) is 3.17.